The zero-order chi connectivity index (χ0) is 7.21. The molecule has 0 atom stereocenters. The fraction of sp³-hybridized carbons (Fsp3) is 0. The predicted molar refractivity (Wildman–Crippen MR) is 34.9 cm³/mol. The molecule has 0 spiro atoms. The summed E-state index contributed by atoms with van der Waals surface area (Å²) in [7, 11) is -3.53. The van der Waals surface area contributed by atoms with Crippen LogP contribution in [0, 0.1) is 10.1 Å². The van der Waals surface area contributed by atoms with Gasteiger partial charge in [0, 0.05) is 5.34 Å². The second-order valence-electron chi connectivity index (χ2n) is 0.816. The molecule has 0 unspecified atom stereocenters. The first-order valence-electron chi connectivity index (χ1n) is 1.33. The molecule has 0 radical (unpaired) electrons. The molecular weight excluding hydrogens is 176 g/mol. The van der Waals surface area contributed by atoms with Crippen molar-refractivity contribution in [3.8, 4) is 0 Å². The molecule has 50 valence electrons. The monoisotopic (exact) mass is 181 g/mol. The molecule has 0 bridgehead atoms. The molecule has 0 rings (SSSR count). The van der Waals surface area contributed by atoms with Crippen molar-refractivity contribution >= 4 is 53.2 Å². The standard InChI is InChI=1S/Al.HNO2.Na.HO3S.3H/c;2-1-3;;1-4(2)3;;;/h;1H;;(H,1,2,3);;;. The molecule has 9 heavy (non-hydrogen) atoms. The van der Waals surface area contributed by atoms with E-state index in [0.29, 0.717) is 0 Å². The van der Waals surface area contributed by atoms with Gasteiger partial charge in [0.15, 0.2) is 0 Å². The number of hydrogen-bond donors (Lipinski definition) is 2. The van der Waals surface area contributed by atoms with Crippen LogP contribution in [0.15, 0.2) is 0 Å². The molecule has 0 saturated heterocycles. The average Bonchev–Trinajstić information content (AvgIpc) is 1.27. The Labute approximate surface area is 81.1 Å². The van der Waals surface area contributed by atoms with Crippen molar-refractivity contribution in [3.63, 3.8) is 0 Å². The van der Waals surface area contributed by atoms with Crippen LogP contribution in [0.4, 0.5) is 0 Å². The molecular formula is H5AlNNaO5S. The molecule has 0 aromatic heterocycles. The fourth-order valence-electron chi connectivity index (χ4n) is 0. The Kier molecular flexibility index (Phi) is 16.1. The Bertz CT molecular complexity index is 131. The van der Waals surface area contributed by atoms with E-state index >= 15 is 0 Å². The molecule has 0 aromatic carbocycles. The molecule has 0 saturated carbocycles. The summed E-state index contributed by atoms with van der Waals surface area (Å²) in [6.45, 7) is 0. The van der Waals surface area contributed by atoms with E-state index in [1.54, 1.807) is 0 Å². The van der Waals surface area contributed by atoms with Crippen molar-refractivity contribution in [2.75, 3.05) is 0 Å². The third-order valence-corrected chi connectivity index (χ3v) is 0. The van der Waals surface area contributed by atoms with Gasteiger partial charge in [-0.1, -0.05) is 0 Å². The molecule has 6 nitrogen and oxygen atoms in total. The van der Waals surface area contributed by atoms with E-state index < -0.39 is 8.48 Å². The Morgan fingerprint density at radius 3 is 1.56 bits per heavy atom. The van der Waals surface area contributed by atoms with E-state index in [-0.39, 0.29) is 50.1 Å². The number of nitrogens with one attached hydrogen (secondary N) is 1. The first-order valence-corrected chi connectivity index (χ1v) is 5.63. The van der Waals surface area contributed by atoms with E-state index in [2.05, 4.69) is 0 Å². The van der Waals surface area contributed by atoms with Gasteiger partial charge in [0.1, 0.15) is 8.48 Å². The van der Waals surface area contributed by atoms with Crippen LogP contribution in [0.25, 0.3) is 0 Å². The summed E-state index contributed by atoms with van der Waals surface area (Å²) in [5.41, 5.74) is 0. The van der Waals surface area contributed by atoms with Crippen LogP contribution in [-0.2, 0) is 8.48 Å². The Morgan fingerprint density at radius 2 is 1.56 bits per heavy atom. The minimum atomic E-state index is -3.53. The fourth-order valence-corrected chi connectivity index (χ4v) is 0. The van der Waals surface area contributed by atoms with Crippen LogP contribution in [0.2, 0.25) is 0 Å². The summed E-state index contributed by atoms with van der Waals surface area (Å²) in [4.78, 5) is 8.12. The van der Waals surface area contributed by atoms with Gasteiger partial charge in [0.2, 0.25) is 0 Å². The Morgan fingerprint density at radius 1 is 1.56 bits per heavy atom. The van der Waals surface area contributed by atoms with Gasteiger partial charge in [-0.3, -0.25) is 10.1 Å². The van der Waals surface area contributed by atoms with Gasteiger partial charge < -0.3 is 4.55 Å². The van der Waals surface area contributed by atoms with Gasteiger partial charge >= 0.3 is 44.7 Å². The second-order valence-corrected chi connectivity index (χ2v) is 5.38. The van der Waals surface area contributed by atoms with Gasteiger partial charge in [-0.2, -0.15) is 0 Å². The van der Waals surface area contributed by atoms with Crippen LogP contribution in [0.5, 0.6) is 0 Å². The summed E-state index contributed by atoms with van der Waals surface area (Å²) >= 11 is -0.164. The molecule has 0 aliphatic rings. The van der Waals surface area contributed by atoms with Crippen molar-refractivity contribution in [2.45, 2.75) is 0 Å². The summed E-state index contributed by atoms with van der Waals surface area (Å²) in [5, 5.41) is 8.38. The van der Waals surface area contributed by atoms with Gasteiger partial charge in [-0.05, 0) is 0 Å². The number of hydrogen-bond acceptors (Lipinski definition) is 4. The topological polar surface area (TPSA) is 108 Å². The quantitative estimate of drug-likeness (QED) is 0.172. The summed E-state index contributed by atoms with van der Waals surface area (Å²) in [6.07, 6.45) is 0. The van der Waals surface area contributed by atoms with Gasteiger partial charge in [0.25, 0.3) is 0 Å². The van der Waals surface area contributed by atoms with Gasteiger partial charge in [-0.15, -0.1) is 0 Å². The van der Waals surface area contributed by atoms with Crippen molar-refractivity contribution in [1.82, 2.24) is 0 Å². The first kappa shape index (κ1) is 16.4. The van der Waals surface area contributed by atoms with Crippen LogP contribution in [0.3, 0.4) is 0 Å². The Hall–Kier alpha value is 0.842. The third-order valence-electron chi connectivity index (χ3n) is 0. The van der Waals surface area contributed by atoms with Crippen LogP contribution < -0.4 is 5.34 Å². The van der Waals surface area contributed by atoms with Gasteiger partial charge in [0.05, 0.1) is 0 Å². The summed E-state index contributed by atoms with van der Waals surface area (Å²) < 4.78 is 26.1. The van der Waals surface area contributed by atoms with Crippen molar-refractivity contribution < 1.29 is 18.3 Å². The normalized spacial score (nSPS) is 7.67. The SMILES string of the molecule is O=[NH+][O-].O=[S](=O)(O)[AlH2].[NaH]. The minimum absolute atomic E-state index is 0. The van der Waals surface area contributed by atoms with E-state index in [1.165, 1.54) is 0 Å². The zero-order valence-corrected chi connectivity index (χ0v) is 6.80. The molecule has 0 amide bonds. The van der Waals surface area contributed by atoms with Crippen LogP contribution in [0.1, 0.15) is 0 Å². The number of rotatable bonds is 0. The van der Waals surface area contributed by atoms with Crippen molar-refractivity contribution in [2.24, 2.45) is 0 Å². The van der Waals surface area contributed by atoms with Crippen LogP contribution >= 0.6 is 0 Å². The van der Waals surface area contributed by atoms with E-state index in [4.69, 9.17) is 14.7 Å². The van der Waals surface area contributed by atoms with Gasteiger partial charge in [-0.25, -0.2) is 8.42 Å². The maximum absolute atomic E-state index is 9.25. The van der Waals surface area contributed by atoms with Crippen LogP contribution in [-0.4, -0.2) is 57.7 Å². The van der Waals surface area contributed by atoms with E-state index in [9.17, 15) is 8.42 Å². The van der Waals surface area contributed by atoms with E-state index in [0.717, 1.165) is 0 Å². The zero-order valence-electron chi connectivity index (χ0n) is 3.99. The van der Waals surface area contributed by atoms with Crippen molar-refractivity contribution in [1.29, 1.82) is 0 Å². The average molecular weight is 181 g/mol. The molecule has 0 heterocycles. The maximum atomic E-state index is 9.25. The molecule has 9 heteroatoms. The second kappa shape index (κ2) is 8.84. The third kappa shape index (κ3) is 583. The summed E-state index contributed by atoms with van der Waals surface area (Å²) in [5.74, 6) is 0. The first-order chi connectivity index (χ1) is 3.41. The molecule has 0 aliphatic carbocycles. The molecule has 0 fully saturated rings. The molecule has 0 aromatic rings. The van der Waals surface area contributed by atoms with E-state index in [1.807, 2.05) is 0 Å². The molecule has 2 N–H and O–H groups in total. The predicted octanol–water partition coefficient (Wildman–Crippen LogP) is -3.90. The molecule has 0 aliphatic heterocycles. The Balaban J connectivity index is -0.0000000800. The summed E-state index contributed by atoms with van der Waals surface area (Å²) in [6, 6.07) is 0. The van der Waals surface area contributed by atoms with Crippen molar-refractivity contribution in [3.05, 3.63) is 10.1 Å².